The van der Waals surface area contributed by atoms with E-state index in [4.69, 9.17) is 4.74 Å². The number of amides is 2. The number of ether oxygens (including phenoxy) is 1. The zero-order chi connectivity index (χ0) is 17.5. The largest absolute Gasteiger partial charge is 0.497 e. The number of methoxy groups -OCH3 is 1. The summed E-state index contributed by atoms with van der Waals surface area (Å²) in [6.07, 6.45) is 0. The number of benzene rings is 1. The summed E-state index contributed by atoms with van der Waals surface area (Å²) in [6.45, 7) is 1.36. The Bertz CT molecular complexity index is 703. The van der Waals surface area contributed by atoms with Crippen LogP contribution in [0.5, 0.6) is 5.75 Å². The summed E-state index contributed by atoms with van der Waals surface area (Å²) in [5.41, 5.74) is 0.531. The molecule has 0 aliphatic heterocycles. The Kier molecular flexibility index (Phi) is 8.40. The molecule has 0 saturated carbocycles. The van der Waals surface area contributed by atoms with Crippen molar-refractivity contribution >= 4 is 40.6 Å². The van der Waals surface area contributed by atoms with Gasteiger partial charge in [-0.25, -0.2) is 0 Å². The molecule has 0 aliphatic rings. The molecule has 2 aromatic rings. The lowest BCUT2D eigenvalue weighted by Crippen LogP contribution is -2.32. The zero-order valence-corrected chi connectivity index (χ0v) is 16.0. The van der Waals surface area contributed by atoms with Gasteiger partial charge in [0.1, 0.15) is 5.75 Å². The fourth-order valence-corrected chi connectivity index (χ4v) is 2.91. The molecule has 0 unspecified atom stereocenters. The van der Waals surface area contributed by atoms with Gasteiger partial charge in [-0.3, -0.25) is 9.59 Å². The molecule has 0 bridgehead atoms. The van der Waals surface area contributed by atoms with Crippen LogP contribution in [-0.2, 0) is 0 Å². The first-order valence-electron chi connectivity index (χ1n) is 7.50. The van der Waals surface area contributed by atoms with Crippen LogP contribution >= 0.6 is 23.7 Å². The number of nitrogens with one attached hydrogen (secondary N) is 2. The molecular weight excluding hydrogens is 362 g/mol. The Hall–Kier alpha value is -2.09. The topological polar surface area (TPSA) is 70.7 Å². The maximum absolute atomic E-state index is 12.3. The number of carbonyl (C=O) groups excluding carboxylic acids is 2. The highest BCUT2D eigenvalue weighted by Gasteiger charge is 2.15. The van der Waals surface area contributed by atoms with Crippen molar-refractivity contribution in [3.63, 3.8) is 0 Å². The summed E-state index contributed by atoms with van der Waals surface area (Å²) in [5.74, 6) is 0.419. The molecule has 25 heavy (non-hydrogen) atoms. The second kappa shape index (κ2) is 10.0. The normalized spacial score (nSPS) is 9.88. The van der Waals surface area contributed by atoms with Crippen LogP contribution in [0.25, 0.3) is 0 Å². The lowest BCUT2D eigenvalue weighted by molar-refractivity contribution is 0.0801. The highest BCUT2D eigenvalue weighted by molar-refractivity contribution is 7.18. The van der Waals surface area contributed by atoms with Crippen molar-refractivity contribution in [3.05, 3.63) is 46.8 Å². The van der Waals surface area contributed by atoms with Gasteiger partial charge >= 0.3 is 0 Å². The van der Waals surface area contributed by atoms with Gasteiger partial charge in [0, 0.05) is 25.7 Å². The van der Waals surface area contributed by atoms with Gasteiger partial charge in [-0.15, -0.1) is 23.7 Å². The van der Waals surface area contributed by atoms with Crippen molar-refractivity contribution in [2.45, 2.75) is 0 Å². The summed E-state index contributed by atoms with van der Waals surface area (Å²) in [6, 6.07) is 10.3. The van der Waals surface area contributed by atoms with Crippen molar-refractivity contribution < 1.29 is 14.3 Å². The minimum Gasteiger partial charge on any atom is -0.497 e. The summed E-state index contributed by atoms with van der Waals surface area (Å²) >= 11 is 1.27. The number of likely N-dealkylation sites (N-methyl/N-ethyl adjacent to an activating group) is 2. The SMILES string of the molecule is CNCCN(C)C(=O)c1ccc(NC(=O)c2ccc(OC)cc2)s1.Cl. The van der Waals surface area contributed by atoms with Crippen LogP contribution in [0.2, 0.25) is 0 Å². The summed E-state index contributed by atoms with van der Waals surface area (Å²) < 4.78 is 5.07. The third-order valence-electron chi connectivity index (χ3n) is 3.45. The van der Waals surface area contributed by atoms with Crippen LogP contribution < -0.4 is 15.4 Å². The number of hydrogen-bond donors (Lipinski definition) is 2. The second-order valence-electron chi connectivity index (χ2n) is 5.18. The molecule has 0 radical (unpaired) electrons. The van der Waals surface area contributed by atoms with Crippen LogP contribution in [-0.4, -0.2) is 51.0 Å². The predicted octanol–water partition coefficient (Wildman–Crippen LogP) is 2.72. The summed E-state index contributed by atoms with van der Waals surface area (Å²) in [5, 5.41) is 6.45. The number of nitrogens with zero attached hydrogens (tertiary/aromatic N) is 1. The van der Waals surface area contributed by atoms with Gasteiger partial charge in [0.25, 0.3) is 11.8 Å². The number of hydrogen-bond acceptors (Lipinski definition) is 5. The Morgan fingerprint density at radius 1 is 1.16 bits per heavy atom. The molecule has 0 saturated heterocycles. The first-order chi connectivity index (χ1) is 11.5. The molecule has 2 N–H and O–H groups in total. The van der Waals surface area contributed by atoms with Gasteiger partial charge in [0.05, 0.1) is 17.0 Å². The molecule has 1 aromatic carbocycles. The van der Waals surface area contributed by atoms with Gasteiger partial charge in [-0.05, 0) is 43.4 Å². The molecule has 8 heteroatoms. The van der Waals surface area contributed by atoms with E-state index in [1.54, 1.807) is 55.5 Å². The third-order valence-corrected chi connectivity index (χ3v) is 4.44. The smallest absolute Gasteiger partial charge is 0.263 e. The fraction of sp³-hybridized carbons (Fsp3) is 0.294. The van der Waals surface area contributed by atoms with Gasteiger partial charge in [0.2, 0.25) is 0 Å². The standard InChI is InChI=1S/C17H21N3O3S.ClH/c1-18-10-11-20(2)17(22)14-8-9-15(24-14)19-16(21)12-4-6-13(23-3)7-5-12;/h4-9,18H,10-11H2,1-3H3,(H,19,21);1H. The Balaban J connectivity index is 0.00000312. The predicted molar refractivity (Wildman–Crippen MR) is 103 cm³/mol. The fourth-order valence-electron chi connectivity index (χ4n) is 2.02. The molecule has 1 heterocycles. The minimum absolute atomic E-state index is 0. The number of rotatable bonds is 7. The van der Waals surface area contributed by atoms with E-state index in [9.17, 15) is 9.59 Å². The van der Waals surface area contributed by atoms with Gasteiger partial charge in [-0.2, -0.15) is 0 Å². The van der Waals surface area contributed by atoms with Crippen LogP contribution in [0.3, 0.4) is 0 Å². The average molecular weight is 384 g/mol. The van der Waals surface area contributed by atoms with Gasteiger partial charge in [-0.1, -0.05) is 0 Å². The molecule has 0 atom stereocenters. The van der Waals surface area contributed by atoms with Gasteiger partial charge < -0.3 is 20.3 Å². The van der Waals surface area contributed by atoms with Crippen molar-refractivity contribution in [3.8, 4) is 5.75 Å². The van der Waals surface area contributed by atoms with Crippen LogP contribution in [0, 0.1) is 0 Å². The minimum atomic E-state index is -0.220. The molecule has 1 aromatic heterocycles. The number of anilines is 1. The number of carbonyl (C=O) groups is 2. The Morgan fingerprint density at radius 3 is 2.44 bits per heavy atom. The molecule has 6 nitrogen and oxygen atoms in total. The van der Waals surface area contributed by atoms with Crippen molar-refractivity contribution in [1.29, 1.82) is 0 Å². The third kappa shape index (κ3) is 5.74. The quantitative estimate of drug-likeness (QED) is 0.771. The monoisotopic (exact) mass is 383 g/mol. The molecule has 136 valence electrons. The maximum atomic E-state index is 12.3. The lowest BCUT2D eigenvalue weighted by atomic mass is 10.2. The molecule has 0 spiro atoms. The summed E-state index contributed by atoms with van der Waals surface area (Å²) in [4.78, 5) is 26.7. The maximum Gasteiger partial charge on any atom is 0.263 e. The van der Waals surface area contributed by atoms with Crippen molar-refractivity contribution in [2.24, 2.45) is 0 Å². The number of halogens is 1. The van der Waals surface area contributed by atoms with Crippen LogP contribution in [0.1, 0.15) is 20.0 Å². The van der Waals surface area contributed by atoms with Crippen molar-refractivity contribution in [2.75, 3.05) is 39.6 Å². The highest BCUT2D eigenvalue weighted by Crippen LogP contribution is 2.24. The average Bonchev–Trinajstić information content (AvgIpc) is 3.07. The van der Waals surface area contributed by atoms with Gasteiger partial charge in [0.15, 0.2) is 0 Å². The summed E-state index contributed by atoms with van der Waals surface area (Å²) in [7, 11) is 5.18. The van der Waals surface area contributed by atoms with E-state index in [1.807, 2.05) is 7.05 Å². The van der Waals surface area contributed by atoms with Crippen LogP contribution in [0.4, 0.5) is 5.00 Å². The second-order valence-corrected chi connectivity index (χ2v) is 6.26. The first-order valence-corrected chi connectivity index (χ1v) is 8.32. The van der Waals surface area contributed by atoms with E-state index in [2.05, 4.69) is 10.6 Å². The molecule has 2 amide bonds. The van der Waals surface area contributed by atoms with E-state index in [-0.39, 0.29) is 24.2 Å². The zero-order valence-electron chi connectivity index (χ0n) is 14.4. The lowest BCUT2D eigenvalue weighted by Gasteiger charge is -2.15. The molecular formula is C17H22ClN3O3S. The first kappa shape index (κ1) is 21.0. The van der Waals surface area contributed by atoms with E-state index in [0.29, 0.717) is 27.7 Å². The molecule has 2 rings (SSSR count). The van der Waals surface area contributed by atoms with Crippen molar-refractivity contribution in [1.82, 2.24) is 10.2 Å². The van der Waals surface area contributed by atoms with E-state index in [0.717, 1.165) is 6.54 Å². The van der Waals surface area contributed by atoms with E-state index < -0.39 is 0 Å². The van der Waals surface area contributed by atoms with Crippen LogP contribution in [0.15, 0.2) is 36.4 Å². The molecule has 0 fully saturated rings. The Labute approximate surface area is 157 Å². The Morgan fingerprint density at radius 2 is 1.84 bits per heavy atom. The van der Waals surface area contributed by atoms with E-state index in [1.165, 1.54) is 11.3 Å². The molecule has 0 aliphatic carbocycles. The van der Waals surface area contributed by atoms with E-state index >= 15 is 0 Å². The highest BCUT2D eigenvalue weighted by atomic mass is 35.5. The number of thiophene rings is 1.